The number of benzene rings is 2. The number of hydrogen-bond donors (Lipinski definition) is 1. The van der Waals surface area contributed by atoms with Crippen molar-refractivity contribution in [2.45, 2.75) is 46.1 Å². The fraction of sp³-hybridized carbons (Fsp3) is 0.455. The van der Waals surface area contributed by atoms with E-state index < -0.39 is 0 Å². The minimum Gasteiger partial charge on any atom is -0.491 e. The molecule has 0 unspecified atom stereocenters. The molecule has 1 N–H and O–H groups in total. The Morgan fingerprint density at radius 1 is 0.920 bits per heavy atom. The molecule has 2 rings (SSSR count). The molecule has 0 bridgehead atoms. The van der Waals surface area contributed by atoms with Gasteiger partial charge in [0, 0.05) is 6.61 Å². The van der Waals surface area contributed by atoms with Crippen LogP contribution in [0.25, 0.3) is 11.1 Å². The van der Waals surface area contributed by atoms with Crippen molar-refractivity contribution in [1.82, 2.24) is 0 Å². The highest BCUT2D eigenvalue weighted by atomic mass is 16.5. The molecule has 0 aliphatic carbocycles. The lowest BCUT2D eigenvalue weighted by atomic mass is 9.93. The van der Waals surface area contributed by atoms with Gasteiger partial charge >= 0.3 is 0 Å². The Balaban J connectivity index is 1.95. The maximum absolute atomic E-state index is 9.63. The van der Waals surface area contributed by atoms with Crippen LogP contribution in [0, 0.1) is 0 Å². The van der Waals surface area contributed by atoms with Crippen molar-refractivity contribution in [2.75, 3.05) is 19.8 Å². The number of aliphatic hydroxyl groups is 1. The average Bonchev–Trinajstić information content (AvgIpc) is 2.64. The van der Waals surface area contributed by atoms with Gasteiger partial charge in [-0.15, -0.1) is 0 Å². The SMILES string of the molecule is CCCCOCCOc1ccc(-c2ccc(C(C)C)c(CO)c2)cc1. The number of rotatable bonds is 10. The topological polar surface area (TPSA) is 38.7 Å². The molecule has 0 fully saturated rings. The molecule has 0 radical (unpaired) electrons. The molecular weight excluding hydrogens is 312 g/mol. The summed E-state index contributed by atoms with van der Waals surface area (Å²) in [4.78, 5) is 0. The lowest BCUT2D eigenvalue weighted by molar-refractivity contribution is 0.0981. The molecule has 2 aromatic carbocycles. The standard InChI is InChI=1S/C22H30O3/c1-4-5-12-24-13-14-25-21-9-6-18(7-10-21)19-8-11-22(17(2)3)20(15-19)16-23/h6-11,15,17,23H,4-5,12-14,16H2,1-3H3. The molecule has 0 amide bonds. The van der Waals surface area contributed by atoms with Crippen molar-refractivity contribution in [3.05, 3.63) is 53.6 Å². The lowest BCUT2D eigenvalue weighted by Crippen LogP contribution is -2.07. The van der Waals surface area contributed by atoms with Gasteiger partial charge in [-0.05, 0) is 52.8 Å². The highest BCUT2D eigenvalue weighted by Crippen LogP contribution is 2.28. The van der Waals surface area contributed by atoms with E-state index >= 15 is 0 Å². The normalized spacial score (nSPS) is 11.1. The molecule has 0 aliphatic heterocycles. The first-order chi connectivity index (χ1) is 12.2. The van der Waals surface area contributed by atoms with Gasteiger partial charge in [0.2, 0.25) is 0 Å². The Morgan fingerprint density at radius 3 is 2.28 bits per heavy atom. The van der Waals surface area contributed by atoms with Crippen molar-refractivity contribution in [1.29, 1.82) is 0 Å². The predicted molar refractivity (Wildman–Crippen MR) is 103 cm³/mol. The minimum atomic E-state index is 0.0700. The van der Waals surface area contributed by atoms with Crippen LogP contribution in [0.1, 0.15) is 50.7 Å². The number of unbranched alkanes of at least 4 members (excludes halogenated alkanes) is 1. The summed E-state index contributed by atoms with van der Waals surface area (Å²) in [6, 6.07) is 14.4. The average molecular weight is 342 g/mol. The van der Waals surface area contributed by atoms with Gasteiger partial charge in [0.1, 0.15) is 12.4 Å². The van der Waals surface area contributed by atoms with Crippen molar-refractivity contribution in [3.63, 3.8) is 0 Å². The summed E-state index contributed by atoms with van der Waals surface area (Å²) in [6.45, 7) is 8.51. The second-order valence-electron chi connectivity index (χ2n) is 6.57. The third-order valence-electron chi connectivity index (χ3n) is 4.26. The van der Waals surface area contributed by atoms with Gasteiger partial charge in [0.25, 0.3) is 0 Å². The Labute approximate surface area is 151 Å². The maximum Gasteiger partial charge on any atom is 0.119 e. The fourth-order valence-corrected chi connectivity index (χ4v) is 2.80. The first-order valence-corrected chi connectivity index (χ1v) is 9.20. The smallest absolute Gasteiger partial charge is 0.119 e. The van der Waals surface area contributed by atoms with Gasteiger partial charge < -0.3 is 14.6 Å². The quantitative estimate of drug-likeness (QED) is 0.606. The summed E-state index contributed by atoms with van der Waals surface area (Å²) in [7, 11) is 0. The molecule has 0 saturated heterocycles. The molecule has 0 atom stereocenters. The van der Waals surface area contributed by atoms with Gasteiger partial charge in [-0.1, -0.05) is 51.5 Å². The molecule has 0 spiro atoms. The van der Waals surface area contributed by atoms with Crippen LogP contribution in [0.3, 0.4) is 0 Å². The Hall–Kier alpha value is -1.84. The largest absolute Gasteiger partial charge is 0.491 e. The van der Waals surface area contributed by atoms with Gasteiger partial charge in [0.15, 0.2) is 0 Å². The van der Waals surface area contributed by atoms with Crippen LogP contribution in [0.4, 0.5) is 0 Å². The van der Waals surface area contributed by atoms with Crippen LogP contribution in [0.15, 0.2) is 42.5 Å². The van der Waals surface area contributed by atoms with E-state index in [0.29, 0.717) is 19.1 Å². The molecule has 25 heavy (non-hydrogen) atoms. The predicted octanol–water partition coefficient (Wildman–Crippen LogP) is 5.16. The number of ether oxygens (including phenoxy) is 2. The van der Waals surface area contributed by atoms with E-state index in [9.17, 15) is 5.11 Å². The molecule has 0 aliphatic rings. The summed E-state index contributed by atoms with van der Waals surface area (Å²) in [5.74, 6) is 1.26. The van der Waals surface area contributed by atoms with E-state index in [0.717, 1.165) is 41.9 Å². The Bertz CT molecular complexity index is 632. The highest BCUT2D eigenvalue weighted by Gasteiger charge is 2.08. The van der Waals surface area contributed by atoms with Crippen LogP contribution in [-0.2, 0) is 11.3 Å². The lowest BCUT2D eigenvalue weighted by Gasteiger charge is -2.13. The molecule has 0 heterocycles. The molecule has 2 aromatic rings. The summed E-state index contributed by atoms with van der Waals surface area (Å²) in [6.07, 6.45) is 2.25. The monoisotopic (exact) mass is 342 g/mol. The molecule has 136 valence electrons. The molecule has 3 heteroatoms. The summed E-state index contributed by atoms with van der Waals surface area (Å²) in [5, 5.41) is 9.63. The van der Waals surface area contributed by atoms with Crippen molar-refractivity contribution >= 4 is 0 Å². The highest BCUT2D eigenvalue weighted by molar-refractivity contribution is 5.65. The zero-order chi connectivity index (χ0) is 18.1. The Kier molecular flexibility index (Phi) is 7.96. The van der Waals surface area contributed by atoms with Crippen LogP contribution < -0.4 is 4.74 Å². The third kappa shape index (κ3) is 5.87. The third-order valence-corrected chi connectivity index (χ3v) is 4.26. The van der Waals surface area contributed by atoms with Crippen molar-refractivity contribution < 1.29 is 14.6 Å². The second kappa shape index (κ2) is 10.2. The summed E-state index contributed by atoms with van der Waals surface area (Å²) < 4.78 is 11.2. The van der Waals surface area contributed by atoms with Gasteiger partial charge in [0.05, 0.1) is 13.2 Å². The van der Waals surface area contributed by atoms with Gasteiger partial charge in [-0.3, -0.25) is 0 Å². The fourth-order valence-electron chi connectivity index (χ4n) is 2.80. The zero-order valence-electron chi connectivity index (χ0n) is 15.6. The summed E-state index contributed by atoms with van der Waals surface area (Å²) >= 11 is 0. The first-order valence-electron chi connectivity index (χ1n) is 9.20. The van der Waals surface area contributed by atoms with E-state index in [1.54, 1.807) is 0 Å². The summed E-state index contributed by atoms with van der Waals surface area (Å²) in [5.41, 5.74) is 4.44. The van der Waals surface area contributed by atoms with Gasteiger partial charge in [-0.25, -0.2) is 0 Å². The van der Waals surface area contributed by atoms with Gasteiger partial charge in [-0.2, -0.15) is 0 Å². The molecule has 3 nitrogen and oxygen atoms in total. The van der Waals surface area contributed by atoms with Crippen LogP contribution in [0.2, 0.25) is 0 Å². The number of hydrogen-bond acceptors (Lipinski definition) is 3. The first kappa shape index (κ1) is 19.5. The van der Waals surface area contributed by atoms with Crippen LogP contribution in [-0.4, -0.2) is 24.9 Å². The maximum atomic E-state index is 9.63. The molecular formula is C22H30O3. The second-order valence-corrected chi connectivity index (χ2v) is 6.57. The van der Waals surface area contributed by atoms with Crippen molar-refractivity contribution in [2.24, 2.45) is 0 Å². The van der Waals surface area contributed by atoms with E-state index in [-0.39, 0.29) is 6.61 Å². The minimum absolute atomic E-state index is 0.0700. The number of aliphatic hydroxyl groups excluding tert-OH is 1. The van der Waals surface area contributed by atoms with E-state index in [4.69, 9.17) is 9.47 Å². The van der Waals surface area contributed by atoms with Crippen LogP contribution >= 0.6 is 0 Å². The van der Waals surface area contributed by atoms with E-state index in [1.807, 2.05) is 12.1 Å². The Morgan fingerprint density at radius 2 is 1.64 bits per heavy atom. The van der Waals surface area contributed by atoms with Crippen LogP contribution in [0.5, 0.6) is 5.75 Å². The van der Waals surface area contributed by atoms with E-state index in [1.165, 1.54) is 5.56 Å². The molecule has 0 aromatic heterocycles. The van der Waals surface area contributed by atoms with E-state index in [2.05, 4.69) is 51.1 Å². The van der Waals surface area contributed by atoms with Crippen molar-refractivity contribution in [3.8, 4) is 16.9 Å². The zero-order valence-corrected chi connectivity index (χ0v) is 15.6. The molecule has 0 saturated carbocycles.